The maximum atomic E-state index is 13.5. The van der Waals surface area contributed by atoms with Gasteiger partial charge in [0, 0.05) is 16.2 Å². The Kier molecular flexibility index (Phi) is 5.47. The monoisotopic (exact) mass is 469 g/mol. The van der Waals surface area contributed by atoms with Crippen molar-refractivity contribution in [3.8, 4) is 0 Å². The number of pyridine rings is 1. The van der Waals surface area contributed by atoms with Crippen molar-refractivity contribution in [1.82, 2.24) is 4.40 Å². The van der Waals surface area contributed by atoms with E-state index in [1.807, 2.05) is 6.07 Å². The van der Waals surface area contributed by atoms with E-state index < -0.39 is 11.9 Å². The van der Waals surface area contributed by atoms with Crippen LogP contribution in [0.3, 0.4) is 0 Å². The molecule has 154 valence electrons. The molecule has 1 aliphatic rings. The molecule has 4 rings (SSSR count). The zero-order chi connectivity index (χ0) is 21.4. The molecule has 0 saturated heterocycles. The van der Waals surface area contributed by atoms with Gasteiger partial charge in [-0.15, -0.1) is 0 Å². The molecule has 0 bridgehead atoms. The zero-order valence-electron chi connectivity index (χ0n) is 16.7. The third kappa shape index (κ3) is 3.23. The van der Waals surface area contributed by atoms with E-state index in [1.54, 1.807) is 34.9 Å². The molecule has 0 amide bonds. The average Bonchev–Trinajstić information content (AvgIpc) is 3.13. The molecule has 0 fully saturated rings. The Bertz CT molecular complexity index is 1180. The number of carbonyl (C=O) groups is 3. The van der Waals surface area contributed by atoms with Crippen molar-refractivity contribution < 1.29 is 23.9 Å². The fourth-order valence-electron chi connectivity index (χ4n) is 4.14. The fraction of sp³-hybridized carbons (Fsp3) is 0.261. The number of hydrogen-bond acceptors (Lipinski definition) is 5. The minimum atomic E-state index is -0.746. The molecule has 0 aliphatic heterocycles. The third-order valence-electron chi connectivity index (χ3n) is 5.53. The van der Waals surface area contributed by atoms with Crippen LogP contribution in [0.1, 0.15) is 60.7 Å². The first-order chi connectivity index (χ1) is 14.5. The number of hydrogen-bond donors (Lipinski definition) is 0. The minimum Gasteiger partial charge on any atom is -0.465 e. The highest BCUT2D eigenvalue weighted by Crippen LogP contribution is 2.34. The quantitative estimate of drug-likeness (QED) is 0.418. The largest absolute Gasteiger partial charge is 0.465 e. The summed E-state index contributed by atoms with van der Waals surface area (Å²) >= 11 is 3.36. The summed E-state index contributed by atoms with van der Waals surface area (Å²) in [6, 6.07) is 8.81. The van der Waals surface area contributed by atoms with E-state index in [4.69, 9.17) is 9.47 Å². The number of carbonyl (C=O) groups excluding carboxylic acids is 3. The van der Waals surface area contributed by atoms with Gasteiger partial charge in [-0.1, -0.05) is 15.9 Å². The average molecular weight is 470 g/mol. The molecule has 1 aromatic carbocycles. The van der Waals surface area contributed by atoms with Crippen LogP contribution in [0, 0.1) is 0 Å². The zero-order valence-corrected chi connectivity index (χ0v) is 18.2. The second-order valence-electron chi connectivity index (χ2n) is 7.16. The summed E-state index contributed by atoms with van der Waals surface area (Å²) in [7, 11) is 2.49. The number of rotatable bonds is 4. The number of methoxy groups -OCH3 is 2. The van der Waals surface area contributed by atoms with Crippen LogP contribution in [0.4, 0.5) is 0 Å². The lowest BCUT2D eigenvalue weighted by molar-refractivity contribution is 0.0556. The lowest BCUT2D eigenvalue weighted by Gasteiger charge is -2.18. The van der Waals surface area contributed by atoms with Crippen molar-refractivity contribution in [2.45, 2.75) is 25.7 Å². The third-order valence-corrected chi connectivity index (χ3v) is 6.06. The second-order valence-corrected chi connectivity index (χ2v) is 8.08. The molecule has 0 radical (unpaired) electrons. The first-order valence-corrected chi connectivity index (χ1v) is 10.4. The number of halogens is 1. The predicted octanol–water partition coefficient (Wildman–Crippen LogP) is 4.38. The molecule has 0 spiro atoms. The number of esters is 2. The van der Waals surface area contributed by atoms with Gasteiger partial charge >= 0.3 is 11.9 Å². The lowest BCUT2D eigenvalue weighted by Crippen LogP contribution is -2.15. The summed E-state index contributed by atoms with van der Waals surface area (Å²) in [4.78, 5) is 39.1. The lowest BCUT2D eigenvalue weighted by atomic mass is 9.90. The van der Waals surface area contributed by atoms with Crippen LogP contribution in [0.15, 0.2) is 41.0 Å². The van der Waals surface area contributed by atoms with Gasteiger partial charge in [0.05, 0.1) is 19.7 Å². The Morgan fingerprint density at radius 3 is 2.20 bits per heavy atom. The van der Waals surface area contributed by atoms with Crippen molar-refractivity contribution in [2.75, 3.05) is 14.2 Å². The number of ketones is 1. The Hall–Kier alpha value is -2.93. The van der Waals surface area contributed by atoms with Crippen molar-refractivity contribution in [1.29, 1.82) is 0 Å². The van der Waals surface area contributed by atoms with Crippen LogP contribution in [-0.4, -0.2) is 36.3 Å². The van der Waals surface area contributed by atoms with E-state index >= 15 is 0 Å². The maximum Gasteiger partial charge on any atom is 0.341 e. The Labute approximate surface area is 181 Å². The van der Waals surface area contributed by atoms with Gasteiger partial charge in [-0.25, -0.2) is 9.59 Å². The first kappa shape index (κ1) is 20.3. The topological polar surface area (TPSA) is 74.1 Å². The van der Waals surface area contributed by atoms with Gasteiger partial charge in [0.1, 0.15) is 16.8 Å². The van der Waals surface area contributed by atoms with Crippen LogP contribution in [0.2, 0.25) is 0 Å². The fourth-order valence-corrected chi connectivity index (χ4v) is 4.41. The van der Waals surface area contributed by atoms with Gasteiger partial charge in [0.2, 0.25) is 5.78 Å². The molecule has 30 heavy (non-hydrogen) atoms. The van der Waals surface area contributed by atoms with E-state index in [2.05, 4.69) is 15.9 Å². The molecule has 1 aliphatic carbocycles. The Morgan fingerprint density at radius 2 is 1.53 bits per heavy atom. The molecule has 0 N–H and O–H groups in total. The van der Waals surface area contributed by atoms with Gasteiger partial charge in [0.25, 0.3) is 0 Å². The smallest absolute Gasteiger partial charge is 0.341 e. The number of aryl methyl sites for hydroxylation is 2. The summed E-state index contributed by atoms with van der Waals surface area (Å²) < 4.78 is 12.5. The number of ether oxygens (including phenoxy) is 2. The molecule has 0 atom stereocenters. The molecule has 2 aromatic heterocycles. The summed E-state index contributed by atoms with van der Waals surface area (Å²) in [5.74, 6) is -1.78. The van der Waals surface area contributed by atoms with Crippen LogP contribution < -0.4 is 0 Å². The number of nitrogens with zero attached hydrogens (tertiary/aromatic N) is 1. The summed E-state index contributed by atoms with van der Waals surface area (Å²) in [6.45, 7) is 0. The van der Waals surface area contributed by atoms with Crippen molar-refractivity contribution in [3.63, 3.8) is 0 Å². The molecule has 2 heterocycles. The van der Waals surface area contributed by atoms with Crippen molar-refractivity contribution >= 4 is 39.2 Å². The van der Waals surface area contributed by atoms with Gasteiger partial charge in [-0.05, 0) is 67.1 Å². The molecule has 3 aromatic rings. The standard InChI is InChI=1S/C23H20BrNO5/c1-29-22(27)17-18(23(28)30-2)20(21(26)14-7-9-15(24)10-8-14)25-12-11-13-5-3-4-6-16(13)19(17)25/h7-12H,3-6H2,1-2H3. The highest BCUT2D eigenvalue weighted by Gasteiger charge is 2.35. The highest BCUT2D eigenvalue weighted by molar-refractivity contribution is 9.10. The molecular weight excluding hydrogens is 450 g/mol. The van der Waals surface area contributed by atoms with Gasteiger partial charge in [-0.2, -0.15) is 0 Å². The SMILES string of the molecule is COC(=O)c1c(C(=O)OC)c2c3c(ccn2c1C(=O)c1ccc(Br)cc1)CCCC3. The summed E-state index contributed by atoms with van der Waals surface area (Å²) in [5, 5.41) is 0. The van der Waals surface area contributed by atoms with E-state index in [9.17, 15) is 14.4 Å². The van der Waals surface area contributed by atoms with Crippen LogP contribution in [-0.2, 0) is 22.3 Å². The number of aromatic nitrogens is 1. The Balaban J connectivity index is 2.10. The minimum absolute atomic E-state index is 0.0590. The Morgan fingerprint density at radius 1 is 0.900 bits per heavy atom. The molecule has 0 saturated carbocycles. The van der Waals surface area contributed by atoms with E-state index in [-0.39, 0.29) is 22.6 Å². The summed E-state index contributed by atoms with van der Waals surface area (Å²) in [6.07, 6.45) is 5.44. The second kappa shape index (κ2) is 8.07. The van der Waals surface area contributed by atoms with Crippen molar-refractivity contribution in [3.05, 3.63) is 74.5 Å². The molecular formula is C23H20BrNO5. The number of benzene rings is 1. The highest BCUT2D eigenvalue weighted by atomic mass is 79.9. The predicted molar refractivity (Wildman–Crippen MR) is 114 cm³/mol. The van der Waals surface area contributed by atoms with Gasteiger partial charge < -0.3 is 13.9 Å². The van der Waals surface area contributed by atoms with E-state index in [1.165, 1.54) is 14.2 Å². The van der Waals surface area contributed by atoms with Crippen LogP contribution >= 0.6 is 15.9 Å². The molecule has 7 heteroatoms. The van der Waals surface area contributed by atoms with Crippen molar-refractivity contribution in [2.24, 2.45) is 0 Å². The first-order valence-electron chi connectivity index (χ1n) is 9.63. The van der Waals surface area contributed by atoms with Crippen LogP contribution in [0.5, 0.6) is 0 Å². The maximum absolute atomic E-state index is 13.5. The molecule has 6 nitrogen and oxygen atoms in total. The van der Waals surface area contributed by atoms with Gasteiger partial charge in [0.15, 0.2) is 0 Å². The van der Waals surface area contributed by atoms with Crippen LogP contribution in [0.25, 0.3) is 5.52 Å². The van der Waals surface area contributed by atoms with E-state index in [0.29, 0.717) is 11.1 Å². The normalized spacial score (nSPS) is 13.0. The number of fused-ring (bicyclic) bond motifs is 3. The molecule has 0 unspecified atom stereocenters. The van der Waals surface area contributed by atoms with Gasteiger partial charge in [-0.3, -0.25) is 4.79 Å². The summed E-state index contributed by atoms with van der Waals surface area (Å²) in [5.41, 5.74) is 3.18. The van der Waals surface area contributed by atoms with E-state index in [0.717, 1.165) is 41.3 Å².